The van der Waals surface area contributed by atoms with Crippen LogP contribution in [0, 0.1) is 0 Å². The number of carbonyl (C=O) groups excluding carboxylic acids is 1. The van der Waals surface area contributed by atoms with Gasteiger partial charge in [-0.15, -0.1) is 0 Å². The number of hydrogen-bond donors (Lipinski definition) is 1. The number of furan rings is 1. The fourth-order valence-corrected chi connectivity index (χ4v) is 1.95. The van der Waals surface area contributed by atoms with Gasteiger partial charge in [0.1, 0.15) is 11.4 Å². The zero-order chi connectivity index (χ0) is 15.9. The van der Waals surface area contributed by atoms with Crippen LogP contribution in [0.3, 0.4) is 0 Å². The molecule has 0 fully saturated rings. The van der Waals surface area contributed by atoms with Crippen LogP contribution in [-0.2, 0) is 4.74 Å². The van der Waals surface area contributed by atoms with E-state index in [0.29, 0.717) is 19.6 Å². The summed E-state index contributed by atoms with van der Waals surface area (Å²) in [5.74, 6) is 0.898. The second kappa shape index (κ2) is 8.08. The molecule has 5 nitrogen and oxygen atoms in total. The molecule has 0 aliphatic rings. The van der Waals surface area contributed by atoms with E-state index >= 15 is 0 Å². The van der Waals surface area contributed by atoms with Crippen LogP contribution in [-0.4, -0.2) is 36.2 Å². The van der Waals surface area contributed by atoms with Gasteiger partial charge in [-0.25, -0.2) is 4.79 Å². The maximum Gasteiger partial charge on any atom is 0.410 e. The average molecular weight is 296 g/mol. The Hall–Kier alpha value is -1.49. The van der Waals surface area contributed by atoms with Crippen molar-refractivity contribution in [3.8, 4) is 0 Å². The van der Waals surface area contributed by atoms with Gasteiger partial charge in [0.15, 0.2) is 0 Å². The van der Waals surface area contributed by atoms with Crippen molar-refractivity contribution in [2.45, 2.75) is 52.7 Å². The van der Waals surface area contributed by atoms with Gasteiger partial charge >= 0.3 is 6.09 Å². The largest absolute Gasteiger partial charge is 0.468 e. The summed E-state index contributed by atoms with van der Waals surface area (Å²) in [7, 11) is 0. The normalized spacial score (nSPS) is 13.0. The molecule has 0 saturated heterocycles. The highest BCUT2D eigenvalue weighted by atomic mass is 16.6. The quantitative estimate of drug-likeness (QED) is 0.835. The summed E-state index contributed by atoms with van der Waals surface area (Å²) < 4.78 is 10.8. The molecule has 1 N–H and O–H groups in total. The van der Waals surface area contributed by atoms with E-state index in [4.69, 9.17) is 9.15 Å². The Morgan fingerprint density at radius 2 is 2.14 bits per heavy atom. The minimum absolute atomic E-state index is 0.127. The summed E-state index contributed by atoms with van der Waals surface area (Å²) in [6, 6.07) is 3.94. The number of hydrogen-bond acceptors (Lipinski definition) is 4. The molecular formula is C16H28N2O3. The van der Waals surface area contributed by atoms with Crippen molar-refractivity contribution in [1.29, 1.82) is 0 Å². The van der Waals surface area contributed by atoms with E-state index in [-0.39, 0.29) is 12.1 Å². The van der Waals surface area contributed by atoms with Gasteiger partial charge in [0.25, 0.3) is 0 Å². The lowest BCUT2D eigenvalue weighted by molar-refractivity contribution is 0.0250. The first-order valence-corrected chi connectivity index (χ1v) is 7.58. The standard InChI is InChI=1S/C16H28N2O3/c1-6-10-18(15(19)21-16(3,4)5)11-9-17-13(2)14-8-7-12-20-14/h7-8,12-13,17H,6,9-11H2,1-5H3. The Kier molecular flexibility index (Phi) is 6.75. The van der Waals surface area contributed by atoms with Crippen LogP contribution < -0.4 is 5.32 Å². The summed E-state index contributed by atoms with van der Waals surface area (Å²) in [6.07, 6.45) is 2.32. The smallest absolute Gasteiger partial charge is 0.410 e. The first-order valence-electron chi connectivity index (χ1n) is 7.58. The lowest BCUT2D eigenvalue weighted by Gasteiger charge is -2.27. The second-order valence-electron chi connectivity index (χ2n) is 6.16. The minimum atomic E-state index is -0.460. The van der Waals surface area contributed by atoms with E-state index in [1.807, 2.05) is 39.8 Å². The first kappa shape index (κ1) is 17.6. The Morgan fingerprint density at radius 3 is 2.67 bits per heavy atom. The Morgan fingerprint density at radius 1 is 1.43 bits per heavy atom. The third kappa shape index (κ3) is 6.67. The van der Waals surface area contributed by atoms with Crippen LogP contribution in [0.2, 0.25) is 0 Å². The second-order valence-corrected chi connectivity index (χ2v) is 6.16. The van der Waals surface area contributed by atoms with Gasteiger partial charge in [0.05, 0.1) is 12.3 Å². The minimum Gasteiger partial charge on any atom is -0.468 e. The lowest BCUT2D eigenvalue weighted by atomic mass is 10.2. The lowest BCUT2D eigenvalue weighted by Crippen LogP contribution is -2.41. The number of nitrogens with one attached hydrogen (secondary N) is 1. The molecule has 1 aromatic heterocycles. The summed E-state index contributed by atoms with van der Waals surface area (Å²) in [5, 5.41) is 3.35. The number of ether oxygens (including phenoxy) is 1. The molecule has 0 spiro atoms. The van der Waals surface area contributed by atoms with Gasteiger partial charge in [-0.05, 0) is 46.2 Å². The number of nitrogens with zero attached hydrogens (tertiary/aromatic N) is 1. The SMILES string of the molecule is CCCN(CCNC(C)c1ccco1)C(=O)OC(C)(C)C. The van der Waals surface area contributed by atoms with Gasteiger partial charge < -0.3 is 19.4 Å². The van der Waals surface area contributed by atoms with Gasteiger partial charge in [0.2, 0.25) is 0 Å². The maximum absolute atomic E-state index is 12.1. The van der Waals surface area contributed by atoms with E-state index < -0.39 is 5.60 Å². The predicted molar refractivity (Wildman–Crippen MR) is 83.2 cm³/mol. The van der Waals surface area contributed by atoms with Gasteiger partial charge in [-0.1, -0.05) is 6.92 Å². The van der Waals surface area contributed by atoms with Crippen LogP contribution in [0.4, 0.5) is 4.79 Å². The molecule has 1 atom stereocenters. The van der Waals surface area contributed by atoms with Gasteiger partial charge in [0, 0.05) is 19.6 Å². The zero-order valence-electron chi connectivity index (χ0n) is 13.8. The van der Waals surface area contributed by atoms with Crippen molar-refractivity contribution < 1.29 is 13.9 Å². The molecule has 0 aliphatic carbocycles. The van der Waals surface area contributed by atoms with Crippen molar-refractivity contribution in [3.63, 3.8) is 0 Å². The van der Waals surface area contributed by atoms with Crippen molar-refractivity contribution in [2.24, 2.45) is 0 Å². The van der Waals surface area contributed by atoms with Crippen LogP contribution in [0.15, 0.2) is 22.8 Å². The van der Waals surface area contributed by atoms with Crippen molar-refractivity contribution in [3.05, 3.63) is 24.2 Å². The third-order valence-corrected chi connectivity index (χ3v) is 2.95. The molecule has 0 bridgehead atoms. The van der Waals surface area contributed by atoms with Gasteiger partial charge in [-0.3, -0.25) is 0 Å². The molecule has 0 aliphatic heterocycles. The highest BCUT2D eigenvalue weighted by molar-refractivity contribution is 5.68. The molecule has 21 heavy (non-hydrogen) atoms. The molecule has 5 heteroatoms. The Balaban J connectivity index is 2.42. The molecular weight excluding hydrogens is 268 g/mol. The van der Waals surface area contributed by atoms with Crippen LogP contribution >= 0.6 is 0 Å². The molecule has 1 amide bonds. The summed E-state index contributed by atoms with van der Waals surface area (Å²) in [4.78, 5) is 13.9. The molecule has 120 valence electrons. The predicted octanol–water partition coefficient (Wildman–Crippen LogP) is 3.58. The number of carbonyl (C=O) groups is 1. The van der Waals surface area contributed by atoms with Crippen molar-refractivity contribution >= 4 is 6.09 Å². The highest BCUT2D eigenvalue weighted by Gasteiger charge is 2.21. The van der Waals surface area contributed by atoms with Crippen molar-refractivity contribution in [2.75, 3.05) is 19.6 Å². The summed E-state index contributed by atoms with van der Waals surface area (Å²) in [5.41, 5.74) is -0.460. The number of rotatable bonds is 7. The van der Waals surface area contributed by atoms with E-state index in [9.17, 15) is 4.79 Å². The molecule has 1 rings (SSSR count). The summed E-state index contributed by atoms with van der Waals surface area (Å²) >= 11 is 0. The average Bonchev–Trinajstić information content (AvgIpc) is 2.89. The topological polar surface area (TPSA) is 54.7 Å². The molecule has 0 aromatic carbocycles. The van der Waals surface area contributed by atoms with E-state index in [1.54, 1.807) is 11.2 Å². The Labute approximate surface area is 127 Å². The van der Waals surface area contributed by atoms with E-state index in [1.165, 1.54) is 0 Å². The van der Waals surface area contributed by atoms with Crippen LogP contribution in [0.1, 0.15) is 52.8 Å². The molecule has 0 radical (unpaired) electrons. The highest BCUT2D eigenvalue weighted by Crippen LogP contribution is 2.12. The first-order chi connectivity index (χ1) is 9.83. The summed E-state index contributed by atoms with van der Waals surface area (Å²) in [6.45, 7) is 11.7. The maximum atomic E-state index is 12.1. The molecule has 0 saturated carbocycles. The molecule has 1 heterocycles. The molecule has 1 aromatic rings. The van der Waals surface area contributed by atoms with E-state index in [2.05, 4.69) is 12.2 Å². The monoisotopic (exact) mass is 296 g/mol. The molecule has 1 unspecified atom stereocenters. The fourth-order valence-electron chi connectivity index (χ4n) is 1.95. The number of amides is 1. The fraction of sp³-hybridized carbons (Fsp3) is 0.688. The van der Waals surface area contributed by atoms with Crippen LogP contribution in [0.5, 0.6) is 0 Å². The van der Waals surface area contributed by atoms with Gasteiger partial charge in [-0.2, -0.15) is 0 Å². The van der Waals surface area contributed by atoms with Crippen molar-refractivity contribution in [1.82, 2.24) is 10.2 Å². The Bertz CT molecular complexity index is 410. The van der Waals surface area contributed by atoms with E-state index in [0.717, 1.165) is 12.2 Å². The zero-order valence-corrected chi connectivity index (χ0v) is 13.8. The van der Waals surface area contributed by atoms with Crippen LogP contribution in [0.25, 0.3) is 0 Å². The third-order valence-electron chi connectivity index (χ3n) is 2.95.